The van der Waals surface area contributed by atoms with Gasteiger partial charge < -0.3 is 9.13 Å². The van der Waals surface area contributed by atoms with Crippen molar-refractivity contribution in [2.75, 3.05) is 0 Å². The normalized spacial score (nSPS) is 11.0. The lowest BCUT2D eigenvalue weighted by molar-refractivity contribution is 1.13. The molecule has 8 aromatic carbocycles. The third-order valence-electron chi connectivity index (χ3n) is 11.1. The van der Waals surface area contributed by atoms with E-state index in [1.807, 2.05) is 109 Å². The summed E-state index contributed by atoms with van der Waals surface area (Å²) in [6.07, 6.45) is 0. The highest BCUT2D eigenvalue weighted by molar-refractivity contribution is 6.13. The van der Waals surface area contributed by atoms with Gasteiger partial charge >= 0.3 is 0 Å². The predicted octanol–water partition coefficient (Wildman–Crippen LogP) is 12.4. The van der Waals surface area contributed by atoms with Crippen LogP contribution < -0.4 is 0 Å². The van der Waals surface area contributed by atoms with Gasteiger partial charge in [0, 0.05) is 27.1 Å². The topological polar surface area (TPSA) is 105 Å². The van der Waals surface area contributed by atoms with Crippen LogP contribution in [-0.2, 0) is 0 Å². The van der Waals surface area contributed by atoms with Gasteiger partial charge in [-0.05, 0) is 101 Å². The van der Waals surface area contributed by atoms with Crippen LogP contribution in [0.4, 0.5) is 0 Å². The number of hydrogen-bond acceptors (Lipinski definition) is 4. The molecule has 10 aromatic rings. The molecule has 0 spiro atoms. The zero-order valence-electron chi connectivity index (χ0n) is 30.8. The number of benzene rings is 8. The smallest absolute Gasteiger partial charge is 0.0998 e. The summed E-state index contributed by atoms with van der Waals surface area (Å²) in [5.74, 6) is 0. The number of aromatic nitrogens is 2. The van der Waals surface area contributed by atoms with Crippen LogP contribution >= 0.6 is 0 Å². The molecule has 0 amide bonds. The predicted molar refractivity (Wildman–Crippen MR) is 230 cm³/mol. The third kappa shape index (κ3) is 5.23. The van der Waals surface area contributed by atoms with E-state index in [0.717, 1.165) is 88.4 Å². The highest BCUT2D eigenvalue weighted by atomic mass is 15.0. The fourth-order valence-corrected chi connectivity index (χ4v) is 8.50. The zero-order valence-corrected chi connectivity index (χ0v) is 30.8. The Balaban J connectivity index is 1.32. The molecule has 0 aliphatic rings. The Kier molecular flexibility index (Phi) is 7.92. The molecule has 0 saturated heterocycles. The molecule has 58 heavy (non-hydrogen) atoms. The maximum atomic E-state index is 10.7. The average Bonchev–Trinajstić information content (AvgIpc) is 3.80. The molecular formula is C52H28N6. The second-order valence-electron chi connectivity index (χ2n) is 14.2. The second-order valence-corrected chi connectivity index (χ2v) is 14.2. The van der Waals surface area contributed by atoms with Crippen LogP contribution in [0.1, 0.15) is 22.3 Å². The molecule has 0 saturated carbocycles. The van der Waals surface area contributed by atoms with Crippen molar-refractivity contribution in [3.05, 3.63) is 192 Å². The van der Waals surface area contributed by atoms with E-state index in [4.69, 9.17) is 0 Å². The summed E-state index contributed by atoms with van der Waals surface area (Å²) in [6, 6.07) is 65.3. The van der Waals surface area contributed by atoms with Gasteiger partial charge in [0.2, 0.25) is 0 Å². The zero-order chi connectivity index (χ0) is 39.3. The first-order chi connectivity index (χ1) is 28.6. The number of hydrogen-bond donors (Lipinski definition) is 0. The number of para-hydroxylation sites is 2. The van der Waals surface area contributed by atoms with Gasteiger partial charge in [-0.3, -0.25) is 0 Å². The molecule has 0 unspecified atom stereocenters. The molecule has 0 fully saturated rings. The lowest BCUT2D eigenvalue weighted by Gasteiger charge is -2.21. The van der Waals surface area contributed by atoms with Crippen LogP contribution in [0.15, 0.2) is 170 Å². The Morgan fingerprint density at radius 1 is 0.328 bits per heavy atom. The van der Waals surface area contributed by atoms with Crippen molar-refractivity contribution in [1.82, 2.24) is 9.13 Å². The van der Waals surface area contributed by atoms with Gasteiger partial charge in [0.25, 0.3) is 0 Å². The monoisotopic (exact) mass is 736 g/mol. The second kappa shape index (κ2) is 13.6. The minimum Gasteiger partial charge on any atom is -0.308 e. The van der Waals surface area contributed by atoms with Gasteiger partial charge in [-0.25, -0.2) is 0 Å². The molecule has 10 rings (SSSR count). The molecule has 0 N–H and O–H groups in total. The van der Waals surface area contributed by atoms with Crippen LogP contribution in [0.2, 0.25) is 0 Å². The van der Waals surface area contributed by atoms with E-state index < -0.39 is 0 Å². The summed E-state index contributed by atoms with van der Waals surface area (Å²) >= 11 is 0. The van der Waals surface area contributed by atoms with Crippen molar-refractivity contribution in [2.24, 2.45) is 0 Å². The molecule has 6 nitrogen and oxygen atoms in total. The van der Waals surface area contributed by atoms with Crippen LogP contribution in [0.3, 0.4) is 0 Å². The summed E-state index contributed by atoms with van der Waals surface area (Å²) in [6.45, 7) is 0. The number of rotatable bonds is 5. The van der Waals surface area contributed by atoms with Crippen molar-refractivity contribution >= 4 is 43.6 Å². The molecule has 2 heterocycles. The average molecular weight is 737 g/mol. The van der Waals surface area contributed by atoms with Crippen molar-refractivity contribution in [1.29, 1.82) is 21.0 Å². The highest BCUT2D eigenvalue weighted by Crippen LogP contribution is 2.44. The van der Waals surface area contributed by atoms with E-state index >= 15 is 0 Å². The molecule has 0 radical (unpaired) electrons. The molecule has 0 atom stereocenters. The standard InChI is InChI=1S/C52H28N6/c53-29-33-17-19-35(20-18-33)52-50(57-46-15-7-5-13-42(46)44-27-36(21-23-48(44)57)40-11-3-1-9-38(40)31-55)25-34(30-54)26-51(52)58-47-16-8-6-14-43(47)45-28-37(22-24-49(45)58)41-12-4-2-10-39(41)32-56/h1-28H. The van der Waals surface area contributed by atoms with E-state index in [1.54, 1.807) is 0 Å². The summed E-state index contributed by atoms with van der Waals surface area (Å²) in [4.78, 5) is 0. The molecule has 266 valence electrons. The molecule has 0 aliphatic carbocycles. The van der Waals surface area contributed by atoms with E-state index in [1.165, 1.54) is 0 Å². The summed E-state index contributed by atoms with van der Waals surface area (Å²) in [5, 5.41) is 44.5. The Morgan fingerprint density at radius 3 is 1.21 bits per heavy atom. The van der Waals surface area contributed by atoms with Crippen LogP contribution in [0.25, 0.3) is 88.4 Å². The largest absolute Gasteiger partial charge is 0.308 e. The van der Waals surface area contributed by atoms with E-state index in [2.05, 4.69) is 94.1 Å². The first kappa shape index (κ1) is 33.9. The Bertz CT molecular complexity index is 3300. The number of nitriles is 4. The maximum absolute atomic E-state index is 10.7. The van der Waals surface area contributed by atoms with Crippen LogP contribution in [0, 0.1) is 45.3 Å². The fourth-order valence-electron chi connectivity index (χ4n) is 8.50. The van der Waals surface area contributed by atoms with Crippen LogP contribution in [-0.4, -0.2) is 9.13 Å². The maximum Gasteiger partial charge on any atom is 0.0998 e. The van der Waals surface area contributed by atoms with Crippen molar-refractivity contribution in [3.8, 4) is 69.0 Å². The minimum absolute atomic E-state index is 0.485. The van der Waals surface area contributed by atoms with Crippen LogP contribution in [0.5, 0.6) is 0 Å². The molecule has 0 bridgehead atoms. The lowest BCUT2D eigenvalue weighted by Crippen LogP contribution is -2.05. The SMILES string of the molecule is N#Cc1ccc(-c2c(-n3c4ccccc4c4cc(-c5ccccc5C#N)ccc43)cc(C#N)cc2-n2c3ccccc3c3cc(-c4ccccc4C#N)ccc32)cc1. The Labute approximate surface area is 333 Å². The Morgan fingerprint density at radius 2 is 0.741 bits per heavy atom. The number of nitrogens with zero attached hydrogens (tertiary/aromatic N) is 6. The molecule has 6 heteroatoms. The van der Waals surface area contributed by atoms with Crippen molar-refractivity contribution in [3.63, 3.8) is 0 Å². The van der Waals surface area contributed by atoms with Crippen molar-refractivity contribution in [2.45, 2.75) is 0 Å². The third-order valence-corrected chi connectivity index (χ3v) is 11.1. The first-order valence-electron chi connectivity index (χ1n) is 18.7. The van der Waals surface area contributed by atoms with E-state index in [-0.39, 0.29) is 0 Å². The van der Waals surface area contributed by atoms with Gasteiger partial charge in [-0.2, -0.15) is 21.0 Å². The minimum atomic E-state index is 0.485. The molecule has 0 aliphatic heterocycles. The fraction of sp³-hybridized carbons (Fsp3) is 0. The van der Waals surface area contributed by atoms with Gasteiger partial charge in [0.15, 0.2) is 0 Å². The quantitative estimate of drug-likeness (QED) is 0.175. The van der Waals surface area contributed by atoms with Gasteiger partial charge in [0.05, 0.1) is 80.0 Å². The molecular weight excluding hydrogens is 709 g/mol. The summed E-state index contributed by atoms with van der Waals surface area (Å²) in [7, 11) is 0. The van der Waals surface area contributed by atoms with Crippen molar-refractivity contribution < 1.29 is 0 Å². The Hall–Kier alpha value is -8.68. The summed E-state index contributed by atoms with van der Waals surface area (Å²) in [5.41, 5.74) is 13.0. The first-order valence-corrected chi connectivity index (χ1v) is 18.7. The molecule has 2 aromatic heterocycles. The van der Waals surface area contributed by atoms with E-state index in [9.17, 15) is 21.0 Å². The summed E-state index contributed by atoms with van der Waals surface area (Å²) < 4.78 is 4.46. The number of fused-ring (bicyclic) bond motifs is 6. The van der Waals surface area contributed by atoms with Gasteiger partial charge in [-0.1, -0.05) is 97.1 Å². The van der Waals surface area contributed by atoms with Gasteiger partial charge in [0.1, 0.15) is 0 Å². The van der Waals surface area contributed by atoms with Gasteiger partial charge in [-0.15, -0.1) is 0 Å². The highest BCUT2D eigenvalue weighted by Gasteiger charge is 2.24. The lowest BCUT2D eigenvalue weighted by atomic mass is 9.97. The van der Waals surface area contributed by atoms with E-state index in [0.29, 0.717) is 22.3 Å².